The monoisotopic (exact) mass is 623 g/mol. The van der Waals surface area contributed by atoms with E-state index in [9.17, 15) is 24.5 Å². The molecule has 11 heteroatoms. The van der Waals surface area contributed by atoms with Crippen LogP contribution in [0.25, 0.3) is 0 Å². The third-order valence-corrected chi connectivity index (χ3v) is 8.15. The maximum absolute atomic E-state index is 13.4. The van der Waals surface area contributed by atoms with Crippen molar-refractivity contribution in [3.8, 4) is 0 Å². The van der Waals surface area contributed by atoms with E-state index >= 15 is 0 Å². The number of rotatable bonds is 10. The number of nitrogens with zero attached hydrogens (tertiary/aromatic N) is 3. The molecule has 0 amide bonds. The van der Waals surface area contributed by atoms with Crippen LogP contribution in [-0.4, -0.2) is 54.5 Å². The van der Waals surface area contributed by atoms with Gasteiger partial charge in [-0.25, -0.2) is 4.79 Å². The Balaban J connectivity index is 1.26. The number of nitro groups is 1. The standard InChI is InChI=1S/C34H29N3O7S/c1-22-21-28(37(41)42)11-16-31(22)32(35-44-23(2)38)34(40)26-7-14-30(15-8-26)45-29-12-5-25(6-13-29)33(39)24-3-9-27(10-4-24)36-17-19-43-20-18-36/h3-16,21H,17-20H2,1-2H3/b35-32-. The SMILES string of the molecule is CC(=O)O/N=C(\C(=O)c1ccc(Sc2ccc(C(=O)c3ccc(N4CCOCC4)cc3)cc2)cc1)c1ccc([N+](=O)[O-])cc1C. The Hall–Kier alpha value is -5.13. The molecule has 4 aromatic carbocycles. The van der Waals surface area contributed by atoms with E-state index < -0.39 is 16.7 Å². The first-order chi connectivity index (χ1) is 21.7. The van der Waals surface area contributed by atoms with Gasteiger partial charge in [0.25, 0.3) is 5.69 Å². The van der Waals surface area contributed by atoms with E-state index in [0.29, 0.717) is 41.0 Å². The number of ether oxygens (including phenoxy) is 1. The zero-order valence-electron chi connectivity index (χ0n) is 24.6. The quantitative estimate of drug-likeness (QED) is 0.0660. The van der Waals surface area contributed by atoms with Crippen molar-refractivity contribution in [3.05, 3.63) is 129 Å². The first-order valence-electron chi connectivity index (χ1n) is 14.1. The summed E-state index contributed by atoms with van der Waals surface area (Å²) in [5.41, 5.74) is 3.04. The Labute approximate surface area is 263 Å². The summed E-state index contributed by atoms with van der Waals surface area (Å²) < 4.78 is 5.41. The minimum absolute atomic E-state index is 0.0579. The second kappa shape index (κ2) is 14.1. The van der Waals surface area contributed by atoms with E-state index in [1.165, 1.54) is 30.0 Å². The van der Waals surface area contributed by atoms with Gasteiger partial charge in [-0.05, 0) is 91.3 Å². The Morgan fingerprint density at radius 1 is 0.844 bits per heavy atom. The van der Waals surface area contributed by atoms with Gasteiger partial charge < -0.3 is 14.5 Å². The molecule has 10 nitrogen and oxygen atoms in total. The fraction of sp³-hybridized carbons (Fsp3) is 0.176. The highest BCUT2D eigenvalue weighted by Gasteiger charge is 2.22. The average Bonchev–Trinajstić information content (AvgIpc) is 3.06. The van der Waals surface area contributed by atoms with Gasteiger partial charge in [0.15, 0.2) is 11.5 Å². The number of Topliss-reactive ketones (excluding diaryl/α,β-unsaturated/α-hetero) is 1. The minimum atomic E-state index is -0.707. The molecular formula is C34H29N3O7S. The van der Waals surface area contributed by atoms with E-state index in [4.69, 9.17) is 9.57 Å². The zero-order valence-corrected chi connectivity index (χ0v) is 25.4. The number of anilines is 1. The highest BCUT2D eigenvalue weighted by Crippen LogP contribution is 2.29. The van der Waals surface area contributed by atoms with E-state index in [1.54, 1.807) is 43.3 Å². The van der Waals surface area contributed by atoms with Gasteiger partial charge >= 0.3 is 5.97 Å². The number of hydrogen-bond acceptors (Lipinski definition) is 10. The van der Waals surface area contributed by atoms with Crippen LogP contribution in [0, 0.1) is 17.0 Å². The van der Waals surface area contributed by atoms with Gasteiger partial charge in [0.05, 0.1) is 18.1 Å². The Kier molecular flexibility index (Phi) is 9.81. The molecule has 0 atom stereocenters. The van der Waals surface area contributed by atoms with Crippen LogP contribution in [0.3, 0.4) is 0 Å². The molecule has 0 unspecified atom stereocenters. The smallest absolute Gasteiger partial charge is 0.332 e. The van der Waals surface area contributed by atoms with Crippen molar-refractivity contribution < 1.29 is 28.9 Å². The van der Waals surface area contributed by atoms with E-state index in [1.807, 2.05) is 36.4 Å². The highest BCUT2D eigenvalue weighted by molar-refractivity contribution is 7.99. The van der Waals surface area contributed by atoms with Crippen LogP contribution in [0.4, 0.5) is 11.4 Å². The number of ketones is 2. The highest BCUT2D eigenvalue weighted by atomic mass is 32.2. The van der Waals surface area contributed by atoms with Gasteiger partial charge in [0.2, 0.25) is 5.78 Å². The van der Waals surface area contributed by atoms with E-state index in [-0.39, 0.29) is 17.2 Å². The molecule has 0 radical (unpaired) electrons. The average molecular weight is 624 g/mol. The Bertz CT molecular complexity index is 1760. The van der Waals surface area contributed by atoms with Crippen LogP contribution in [0.1, 0.15) is 44.3 Å². The molecule has 5 rings (SSSR count). The maximum Gasteiger partial charge on any atom is 0.332 e. The molecule has 1 fully saturated rings. The fourth-order valence-corrected chi connectivity index (χ4v) is 5.60. The molecule has 0 aromatic heterocycles. The van der Waals surface area contributed by atoms with Gasteiger partial charge in [-0.1, -0.05) is 16.9 Å². The molecule has 1 aliphatic rings. The van der Waals surface area contributed by atoms with E-state index in [2.05, 4.69) is 10.1 Å². The van der Waals surface area contributed by atoms with Gasteiger partial charge in [-0.15, -0.1) is 0 Å². The van der Waals surface area contributed by atoms with Crippen molar-refractivity contribution >= 4 is 46.4 Å². The third kappa shape index (κ3) is 7.69. The molecule has 0 bridgehead atoms. The molecule has 1 heterocycles. The lowest BCUT2D eigenvalue weighted by atomic mass is 9.97. The number of benzene rings is 4. The lowest BCUT2D eigenvalue weighted by molar-refractivity contribution is -0.384. The number of non-ortho nitro benzene ring substituents is 1. The van der Waals surface area contributed by atoms with Crippen LogP contribution >= 0.6 is 11.8 Å². The summed E-state index contributed by atoms with van der Waals surface area (Å²) in [6, 6.07) is 25.8. The predicted molar refractivity (Wildman–Crippen MR) is 170 cm³/mol. The molecule has 1 aliphatic heterocycles. The van der Waals surface area contributed by atoms with Crippen molar-refractivity contribution in [3.63, 3.8) is 0 Å². The number of nitro benzene ring substituents is 1. The topological polar surface area (TPSA) is 128 Å². The summed E-state index contributed by atoms with van der Waals surface area (Å²) in [7, 11) is 0. The van der Waals surface area contributed by atoms with Gasteiger partial charge in [0, 0.05) is 69.9 Å². The third-order valence-electron chi connectivity index (χ3n) is 7.13. The second-order valence-corrected chi connectivity index (χ2v) is 11.4. The van der Waals surface area contributed by atoms with Crippen LogP contribution in [-0.2, 0) is 14.4 Å². The largest absolute Gasteiger partial charge is 0.378 e. The molecule has 45 heavy (non-hydrogen) atoms. The number of aryl methyl sites for hydroxylation is 1. The molecule has 0 aliphatic carbocycles. The summed E-state index contributed by atoms with van der Waals surface area (Å²) >= 11 is 1.47. The first kappa shape index (κ1) is 31.3. The number of carbonyl (C=O) groups is 3. The zero-order chi connectivity index (χ0) is 31.9. The van der Waals surface area contributed by atoms with Gasteiger partial charge in [-0.2, -0.15) is 0 Å². The normalized spacial score (nSPS) is 13.3. The summed E-state index contributed by atoms with van der Waals surface area (Å²) in [5, 5.41) is 14.9. The van der Waals surface area contributed by atoms with Crippen LogP contribution in [0.15, 0.2) is 106 Å². The molecular weight excluding hydrogens is 594 g/mol. The molecule has 0 N–H and O–H groups in total. The fourth-order valence-electron chi connectivity index (χ4n) is 4.78. The lowest BCUT2D eigenvalue weighted by Crippen LogP contribution is -2.36. The van der Waals surface area contributed by atoms with Crippen molar-refractivity contribution in [2.24, 2.45) is 5.16 Å². The molecule has 4 aromatic rings. The number of hydrogen-bond donors (Lipinski definition) is 0. The molecule has 0 spiro atoms. The lowest BCUT2D eigenvalue weighted by Gasteiger charge is -2.28. The van der Waals surface area contributed by atoms with E-state index in [0.717, 1.165) is 35.5 Å². The Morgan fingerprint density at radius 2 is 1.40 bits per heavy atom. The summed E-state index contributed by atoms with van der Waals surface area (Å²) in [5.74, 6) is -1.27. The van der Waals surface area contributed by atoms with Crippen LogP contribution < -0.4 is 4.90 Å². The first-order valence-corrected chi connectivity index (χ1v) is 14.9. The van der Waals surface area contributed by atoms with Gasteiger partial charge in [-0.3, -0.25) is 19.7 Å². The summed E-state index contributed by atoms with van der Waals surface area (Å²) in [4.78, 5) is 57.3. The molecule has 228 valence electrons. The second-order valence-electron chi connectivity index (χ2n) is 10.2. The van der Waals surface area contributed by atoms with Crippen LogP contribution in [0.5, 0.6) is 0 Å². The number of carbonyl (C=O) groups excluding carboxylic acids is 3. The predicted octanol–water partition coefficient (Wildman–Crippen LogP) is 6.27. The molecule has 1 saturated heterocycles. The number of morpholine rings is 1. The summed E-state index contributed by atoms with van der Waals surface area (Å²) in [6.07, 6.45) is 0. The molecule has 0 saturated carbocycles. The van der Waals surface area contributed by atoms with Crippen molar-refractivity contribution in [1.82, 2.24) is 0 Å². The van der Waals surface area contributed by atoms with Crippen molar-refractivity contribution in [2.45, 2.75) is 23.6 Å². The minimum Gasteiger partial charge on any atom is -0.378 e. The Morgan fingerprint density at radius 3 is 1.93 bits per heavy atom. The summed E-state index contributed by atoms with van der Waals surface area (Å²) in [6.45, 7) is 5.83. The van der Waals surface area contributed by atoms with Crippen molar-refractivity contribution in [1.29, 1.82) is 0 Å². The maximum atomic E-state index is 13.4. The van der Waals surface area contributed by atoms with Gasteiger partial charge in [0.1, 0.15) is 0 Å². The van der Waals surface area contributed by atoms with Crippen molar-refractivity contribution in [2.75, 3.05) is 31.2 Å². The number of oxime groups is 1. The van der Waals surface area contributed by atoms with Crippen LogP contribution in [0.2, 0.25) is 0 Å².